The number of aromatic amines is 1. The zero-order valence-electron chi connectivity index (χ0n) is 14.0. The Morgan fingerprint density at radius 3 is 2.88 bits per heavy atom. The summed E-state index contributed by atoms with van der Waals surface area (Å²) in [5.74, 6) is 5.21. The van der Waals surface area contributed by atoms with Crippen molar-refractivity contribution in [1.29, 1.82) is 0 Å². The second kappa shape index (κ2) is 7.95. The highest BCUT2D eigenvalue weighted by atomic mass is 16.7. The zero-order chi connectivity index (χ0) is 17.7. The van der Waals surface area contributed by atoms with Gasteiger partial charge in [0, 0.05) is 26.1 Å². The number of nitrogens with zero attached hydrogens (tertiary/aromatic N) is 2. The minimum absolute atomic E-state index is 0.189. The fourth-order valence-electron chi connectivity index (χ4n) is 2.37. The summed E-state index contributed by atoms with van der Waals surface area (Å²) in [5, 5.41) is 1.36. The Kier molecular flexibility index (Phi) is 5.95. The van der Waals surface area contributed by atoms with Gasteiger partial charge in [0.1, 0.15) is 11.6 Å². The lowest BCUT2D eigenvalue weighted by molar-refractivity contribution is -0.182. The lowest BCUT2D eigenvalue weighted by atomic mass is 10.2. The van der Waals surface area contributed by atoms with Gasteiger partial charge in [-0.05, 0) is 13.3 Å². The van der Waals surface area contributed by atoms with Crippen molar-refractivity contribution in [2.24, 2.45) is 0 Å². The second-order valence-corrected chi connectivity index (χ2v) is 5.37. The van der Waals surface area contributed by atoms with Gasteiger partial charge in [0.05, 0.1) is 6.61 Å². The topological polar surface area (TPSA) is 93.6 Å². The number of esters is 1. The van der Waals surface area contributed by atoms with Crippen LogP contribution in [0.3, 0.4) is 0 Å². The number of aromatic nitrogens is 2. The van der Waals surface area contributed by atoms with Gasteiger partial charge in [0.25, 0.3) is 5.56 Å². The van der Waals surface area contributed by atoms with Crippen LogP contribution in [0.2, 0.25) is 0 Å². The Hall–Kier alpha value is -2.37. The van der Waals surface area contributed by atoms with E-state index in [2.05, 4.69) is 16.8 Å². The van der Waals surface area contributed by atoms with Gasteiger partial charge in [-0.1, -0.05) is 18.8 Å². The molecule has 0 saturated carbocycles. The number of hydroxylamine groups is 2. The van der Waals surface area contributed by atoms with E-state index in [1.54, 1.807) is 14.0 Å². The first-order valence-corrected chi connectivity index (χ1v) is 7.88. The van der Waals surface area contributed by atoms with Crippen LogP contribution in [0, 0.1) is 11.8 Å². The van der Waals surface area contributed by atoms with Crippen molar-refractivity contribution in [2.45, 2.75) is 45.4 Å². The molecule has 1 fully saturated rings. The summed E-state index contributed by atoms with van der Waals surface area (Å²) >= 11 is 0. The van der Waals surface area contributed by atoms with Gasteiger partial charge in [0.2, 0.25) is 0 Å². The van der Waals surface area contributed by atoms with Crippen LogP contribution in [0.5, 0.6) is 0 Å². The minimum Gasteiger partial charge on any atom is -0.465 e. The van der Waals surface area contributed by atoms with E-state index < -0.39 is 29.5 Å². The van der Waals surface area contributed by atoms with Gasteiger partial charge in [-0.2, -0.15) is 5.06 Å². The number of unbranched alkanes of at least 4 members (excludes halogenated alkanes) is 1. The van der Waals surface area contributed by atoms with Crippen LogP contribution in [-0.2, 0) is 14.4 Å². The first-order valence-electron chi connectivity index (χ1n) is 7.88. The highest BCUT2D eigenvalue weighted by molar-refractivity contribution is 5.75. The first kappa shape index (κ1) is 18.0. The summed E-state index contributed by atoms with van der Waals surface area (Å²) in [5.41, 5.74) is -0.953. The third-order valence-electron chi connectivity index (χ3n) is 3.59. The number of hydrogen-bond acceptors (Lipinski definition) is 6. The van der Waals surface area contributed by atoms with Crippen LogP contribution >= 0.6 is 0 Å². The molecule has 2 unspecified atom stereocenters. The molecule has 2 atom stereocenters. The number of carbonyl (C=O) groups is 1. The Bertz CT molecular complexity index is 770. The van der Waals surface area contributed by atoms with E-state index in [0.717, 1.165) is 6.42 Å². The monoisotopic (exact) mass is 335 g/mol. The number of H-pyrrole nitrogens is 1. The van der Waals surface area contributed by atoms with Crippen LogP contribution in [0.1, 0.15) is 44.9 Å². The van der Waals surface area contributed by atoms with E-state index in [-0.39, 0.29) is 18.6 Å². The molecule has 1 saturated heterocycles. The van der Waals surface area contributed by atoms with Gasteiger partial charge < -0.3 is 4.74 Å². The van der Waals surface area contributed by atoms with Crippen molar-refractivity contribution < 1.29 is 14.4 Å². The van der Waals surface area contributed by atoms with Gasteiger partial charge in [0.15, 0.2) is 6.23 Å². The van der Waals surface area contributed by atoms with Gasteiger partial charge in [-0.25, -0.2) is 4.79 Å². The Labute approximate surface area is 139 Å². The van der Waals surface area contributed by atoms with Crippen molar-refractivity contribution in [3.63, 3.8) is 0 Å². The molecule has 0 spiro atoms. The number of ether oxygens (including phenoxy) is 1. The Morgan fingerprint density at radius 2 is 2.21 bits per heavy atom. The van der Waals surface area contributed by atoms with E-state index >= 15 is 0 Å². The molecular weight excluding hydrogens is 314 g/mol. The SMILES string of the molecule is CCCC#Cc1cn(C2CC(C(=O)OCC)N(C)O2)c(=O)[nH]c1=O. The standard InChI is InChI=1S/C16H21N3O5/c1-4-6-7-8-11-10-19(16(22)17-14(11)20)13-9-12(18(3)24-13)15(21)23-5-2/h10,12-13H,4-6,9H2,1-3H3,(H,17,20,22). The van der Waals surface area contributed by atoms with Crippen LogP contribution in [0.4, 0.5) is 0 Å². The van der Waals surface area contributed by atoms with Crippen LogP contribution in [0.15, 0.2) is 15.8 Å². The maximum Gasteiger partial charge on any atom is 0.330 e. The quantitative estimate of drug-likeness (QED) is 0.632. The Balaban J connectivity index is 2.28. The molecule has 0 amide bonds. The van der Waals surface area contributed by atoms with Gasteiger partial charge in [-0.15, -0.1) is 0 Å². The molecule has 1 N–H and O–H groups in total. The van der Waals surface area contributed by atoms with E-state index in [9.17, 15) is 14.4 Å². The van der Waals surface area contributed by atoms with E-state index in [4.69, 9.17) is 9.57 Å². The van der Waals surface area contributed by atoms with Crippen LogP contribution in [0.25, 0.3) is 0 Å². The predicted molar refractivity (Wildman–Crippen MR) is 86.0 cm³/mol. The number of rotatable bonds is 4. The fraction of sp³-hybridized carbons (Fsp3) is 0.562. The summed E-state index contributed by atoms with van der Waals surface area (Å²) < 4.78 is 6.23. The summed E-state index contributed by atoms with van der Waals surface area (Å²) in [7, 11) is 1.60. The summed E-state index contributed by atoms with van der Waals surface area (Å²) in [6.07, 6.45) is 2.44. The van der Waals surface area contributed by atoms with Crippen molar-refractivity contribution in [2.75, 3.05) is 13.7 Å². The summed E-state index contributed by atoms with van der Waals surface area (Å²) in [4.78, 5) is 43.6. The lowest BCUT2D eigenvalue weighted by Crippen LogP contribution is -2.33. The molecule has 1 aromatic rings. The average Bonchev–Trinajstić information content (AvgIpc) is 2.91. The number of carbonyl (C=O) groups excluding carboxylic acids is 1. The predicted octanol–water partition coefficient (Wildman–Crippen LogP) is 0.386. The molecule has 0 aromatic carbocycles. The molecule has 8 nitrogen and oxygen atoms in total. The van der Waals surface area contributed by atoms with E-state index in [1.165, 1.54) is 15.8 Å². The lowest BCUT2D eigenvalue weighted by Gasteiger charge is -2.15. The zero-order valence-corrected chi connectivity index (χ0v) is 14.0. The van der Waals surface area contributed by atoms with Gasteiger partial charge >= 0.3 is 11.7 Å². The number of likely N-dealkylation sites (N-methyl/N-ethyl adjacent to an activating group) is 1. The third kappa shape index (κ3) is 3.93. The maximum atomic E-state index is 12.1. The molecule has 8 heteroatoms. The molecule has 2 rings (SSSR count). The molecule has 2 heterocycles. The molecule has 24 heavy (non-hydrogen) atoms. The molecule has 1 aliphatic heterocycles. The normalized spacial score (nSPS) is 20.5. The second-order valence-electron chi connectivity index (χ2n) is 5.37. The number of hydrogen-bond donors (Lipinski definition) is 1. The van der Waals surface area contributed by atoms with Crippen molar-refractivity contribution in [3.8, 4) is 11.8 Å². The average molecular weight is 335 g/mol. The maximum absolute atomic E-state index is 12.1. The van der Waals surface area contributed by atoms with E-state index in [0.29, 0.717) is 6.42 Å². The van der Waals surface area contributed by atoms with E-state index in [1.807, 2.05) is 6.92 Å². The first-order chi connectivity index (χ1) is 11.5. The third-order valence-corrected chi connectivity index (χ3v) is 3.59. The van der Waals surface area contributed by atoms with Crippen molar-refractivity contribution in [3.05, 3.63) is 32.6 Å². The highest BCUT2D eigenvalue weighted by Crippen LogP contribution is 2.27. The summed E-state index contributed by atoms with van der Waals surface area (Å²) in [6.45, 7) is 3.97. The van der Waals surface area contributed by atoms with Crippen molar-refractivity contribution >= 4 is 5.97 Å². The fourth-order valence-corrected chi connectivity index (χ4v) is 2.37. The molecule has 0 bridgehead atoms. The highest BCUT2D eigenvalue weighted by Gasteiger charge is 2.38. The molecule has 1 aliphatic rings. The van der Waals surface area contributed by atoms with Crippen LogP contribution in [-0.4, -0.2) is 40.3 Å². The molecule has 130 valence electrons. The largest absolute Gasteiger partial charge is 0.465 e. The smallest absolute Gasteiger partial charge is 0.330 e. The van der Waals surface area contributed by atoms with Crippen molar-refractivity contribution in [1.82, 2.24) is 14.6 Å². The molecule has 1 aromatic heterocycles. The minimum atomic E-state index is -0.708. The molecule has 0 radical (unpaired) electrons. The Morgan fingerprint density at radius 1 is 1.46 bits per heavy atom. The number of nitrogens with one attached hydrogen (secondary N) is 1. The van der Waals surface area contributed by atoms with Gasteiger partial charge in [-0.3, -0.25) is 24.0 Å². The molecular formula is C16H21N3O5. The molecule has 0 aliphatic carbocycles. The van der Waals surface area contributed by atoms with Crippen LogP contribution < -0.4 is 11.2 Å². The summed E-state index contributed by atoms with van der Waals surface area (Å²) in [6, 6.07) is -0.608.